The van der Waals surface area contributed by atoms with Crippen LogP contribution in [0, 0.1) is 5.41 Å². The highest BCUT2D eigenvalue weighted by Gasteiger charge is 2.38. The Hall–Kier alpha value is -1.84. The predicted molar refractivity (Wildman–Crippen MR) is 51.9 cm³/mol. The molecule has 0 aliphatic rings. The summed E-state index contributed by atoms with van der Waals surface area (Å²) in [6.07, 6.45) is 7.06. The van der Waals surface area contributed by atoms with E-state index in [1.165, 1.54) is 18.2 Å². The molecule has 0 fully saturated rings. The summed E-state index contributed by atoms with van der Waals surface area (Å²) in [5, 5.41) is 17.4. The molecule has 0 aromatic rings. The first-order chi connectivity index (χ1) is 6.45. The third-order valence-electron chi connectivity index (χ3n) is 1.68. The second kappa shape index (κ2) is 5.01. The Bertz CT molecular complexity index is 285. The van der Waals surface area contributed by atoms with Gasteiger partial charge in [0.2, 0.25) is 0 Å². The summed E-state index contributed by atoms with van der Waals surface area (Å²) in [5.41, 5.74) is -1.88. The highest BCUT2D eigenvalue weighted by atomic mass is 16.4. The Balaban J connectivity index is 4.78. The molecule has 0 radical (unpaired) electrons. The third-order valence-corrected chi connectivity index (χ3v) is 1.68. The number of carboxylic acids is 2. The molecule has 0 amide bonds. The maximum atomic E-state index is 10.7. The van der Waals surface area contributed by atoms with Crippen molar-refractivity contribution in [1.82, 2.24) is 0 Å². The van der Waals surface area contributed by atoms with Gasteiger partial charge in [0.25, 0.3) is 0 Å². The van der Waals surface area contributed by atoms with Gasteiger partial charge >= 0.3 is 11.9 Å². The van der Waals surface area contributed by atoms with Gasteiger partial charge in [-0.1, -0.05) is 37.0 Å². The van der Waals surface area contributed by atoms with Crippen LogP contribution < -0.4 is 0 Å². The summed E-state index contributed by atoms with van der Waals surface area (Å²) in [4.78, 5) is 21.3. The Labute approximate surface area is 81.9 Å². The highest BCUT2D eigenvalue weighted by Crippen LogP contribution is 2.18. The molecule has 0 rings (SSSR count). The second-order valence-corrected chi connectivity index (χ2v) is 2.79. The Morgan fingerprint density at radius 2 is 1.64 bits per heavy atom. The molecule has 14 heavy (non-hydrogen) atoms. The molecule has 0 aromatic heterocycles. The zero-order valence-corrected chi connectivity index (χ0v) is 7.80. The van der Waals surface area contributed by atoms with Gasteiger partial charge in [0.05, 0.1) is 0 Å². The molecule has 0 saturated heterocycles. The van der Waals surface area contributed by atoms with Crippen LogP contribution in [0.25, 0.3) is 0 Å². The first-order valence-corrected chi connectivity index (χ1v) is 3.89. The Kier molecular flexibility index (Phi) is 4.35. The van der Waals surface area contributed by atoms with Crippen LogP contribution in [0.15, 0.2) is 37.0 Å². The number of allylic oxidation sites excluding steroid dienone is 4. The van der Waals surface area contributed by atoms with Crippen LogP contribution in [0.2, 0.25) is 0 Å². The number of aliphatic carboxylic acids is 2. The first kappa shape index (κ1) is 12.2. The van der Waals surface area contributed by atoms with Gasteiger partial charge in [-0.3, -0.25) is 9.59 Å². The highest BCUT2D eigenvalue weighted by molar-refractivity contribution is 6.00. The van der Waals surface area contributed by atoms with Crippen LogP contribution in [0.4, 0.5) is 0 Å². The van der Waals surface area contributed by atoms with Crippen molar-refractivity contribution in [1.29, 1.82) is 0 Å². The lowest BCUT2D eigenvalue weighted by Crippen LogP contribution is -2.34. The predicted octanol–water partition coefficient (Wildman–Crippen LogP) is 1.46. The summed E-state index contributed by atoms with van der Waals surface area (Å²) in [7, 11) is 0. The van der Waals surface area contributed by atoms with Crippen LogP contribution in [0.3, 0.4) is 0 Å². The van der Waals surface area contributed by atoms with E-state index in [0.717, 1.165) is 13.0 Å². The third kappa shape index (κ3) is 2.90. The zero-order chi connectivity index (χ0) is 11.2. The zero-order valence-electron chi connectivity index (χ0n) is 7.80. The van der Waals surface area contributed by atoms with E-state index in [1.54, 1.807) is 6.08 Å². The van der Waals surface area contributed by atoms with Crippen LogP contribution in [0.5, 0.6) is 0 Å². The monoisotopic (exact) mass is 196 g/mol. The maximum Gasteiger partial charge on any atom is 0.324 e. The number of hydrogen-bond donors (Lipinski definition) is 2. The molecule has 4 nitrogen and oxygen atoms in total. The summed E-state index contributed by atoms with van der Waals surface area (Å²) >= 11 is 0. The van der Waals surface area contributed by atoms with Crippen LogP contribution in [-0.4, -0.2) is 22.2 Å². The van der Waals surface area contributed by atoms with Crippen molar-refractivity contribution in [3.63, 3.8) is 0 Å². The topological polar surface area (TPSA) is 74.6 Å². The second-order valence-electron chi connectivity index (χ2n) is 2.79. The smallest absolute Gasteiger partial charge is 0.324 e. The Morgan fingerprint density at radius 3 is 2.00 bits per heavy atom. The molecular formula is C10H12O4. The van der Waals surface area contributed by atoms with E-state index in [1.807, 2.05) is 0 Å². The lowest BCUT2D eigenvalue weighted by atomic mass is 9.90. The fourth-order valence-electron chi connectivity index (χ4n) is 0.625. The van der Waals surface area contributed by atoms with E-state index in [2.05, 4.69) is 6.58 Å². The average Bonchev–Trinajstić information content (AvgIpc) is 2.11. The molecular weight excluding hydrogens is 184 g/mol. The first-order valence-electron chi connectivity index (χ1n) is 3.89. The molecule has 2 N–H and O–H groups in total. The SMILES string of the molecule is C=CC=CC=CC(C)(C(=O)O)C(=O)O. The minimum atomic E-state index is -1.88. The molecule has 4 heteroatoms. The van der Waals surface area contributed by atoms with E-state index in [4.69, 9.17) is 10.2 Å². The van der Waals surface area contributed by atoms with Gasteiger partial charge < -0.3 is 10.2 Å². The number of carboxylic acid groups (broad SMARTS) is 2. The fraction of sp³-hybridized carbons (Fsp3) is 0.200. The Morgan fingerprint density at radius 1 is 1.14 bits per heavy atom. The molecule has 0 unspecified atom stereocenters. The van der Waals surface area contributed by atoms with Gasteiger partial charge in [0, 0.05) is 0 Å². The van der Waals surface area contributed by atoms with Gasteiger partial charge in [-0.2, -0.15) is 0 Å². The van der Waals surface area contributed by atoms with E-state index in [0.29, 0.717) is 0 Å². The van der Waals surface area contributed by atoms with E-state index >= 15 is 0 Å². The molecule has 0 aromatic carbocycles. The van der Waals surface area contributed by atoms with Gasteiger partial charge in [0.15, 0.2) is 5.41 Å². The van der Waals surface area contributed by atoms with Gasteiger partial charge in [-0.15, -0.1) is 0 Å². The number of carbonyl (C=O) groups is 2. The van der Waals surface area contributed by atoms with E-state index < -0.39 is 17.4 Å². The lowest BCUT2D eigenvalue weighted by molar-refractivity contribution is -0.159. The van der Waals surface area contributed by atoms with Gasteiger partial charge in [0.1, 0.15) is 0 Å². The molecule has 0 aliphatic heterocycles. The van der Waals surface area contributed by atoms with Crippen LogP contribution in [0.1, 0.15) is 6.92 Å². The molecule has 0 spiro atoms. The van der Waals surface area contributed by atoms with E-state index in [9.17, 15) is 9.59 Å². The minimum Gasteiger partial charge on any atom is -0.480 e. The van der Waals surface area contributed by atoms with Crippen molar-refractivity contribution in [2.75, 3.05) is 0 Å². The standard InChI is InChI=1S/C10H12O4/c1-3-4-5-6-7-10(2,8(11)12)9(13)14/h3-7H,1H2,2H3,(H,11,12)(H,13,14). The summed E-state index contributed by atoms with van der Waals surface area (Å²) in [5.74, 6) is -2.79. The molecule has 0 aliphatic carbocycles. The summed E-state index contributed by atoms with van der Waals surface area (Å²) in [6, 6.07) is 0. The average molecular weight is 196 g/mol. The van der Waals surface area contributed by atoms with Crippen molar-refractivity contribution in [2.24, 2.45) is 5.41 Å². The van der Waals surface area contributed by atoms with Crippen molar-refractivity contribution in [2.45, 2.75) is 6.92 Å². The van der Waals surface area contributed by atoms with Crippen LogP contribution in [-0.2, 0) is 9.59 Å². The van der Waals surface area contributed by atoms with Crippen molar-refractivity contribution >= 4 is 11.9 Å². The summed E-state index contributed by atoms with van der Waals surface area (Å²) in [6.45, 7) is 4.53. The van der Waals surface area contributed by atoms with Gasteiger partial charge in [-0.25, -0.2) is 0 Å². The van der Waals surface area contributed by atoms with Crippen molar-refractivity contribution in [3.05, 3.63) is 37.0 Å². The quantitative estimate of drug-likeness (QED) is 0.515. The number of rotatable bonds is 5. The lowest BCUT2D eigenvalue weighted by Gasteiger charge is -2.13. The molecule has 0 saturated carbocycles. The van der Waals surface area contributed by atoms with E-state index in [-0.39, 0.29) is 0 Å². The van der Waals surface area contributed by atoms with Crippen molar-refractivity contribution < 1.29 is 19.8 Å². The maximum absolute atomic E-state index is 10.7. The molecule has 0 bridgehead atoms. The number of hydrogen-bond acceptors (Lipinski definition) is 2. The summed E-state index contributed by atoms with van der Waals surface area (Å²) < 4.78 is 0. The molecule has 0 heterocycles. The fourth-order valence-corrected chi connectivity index (χ4v) is 0.625. The normalized spacial score (nSPS) is 12.1. The van der Waals surface area contributed by atoms with Crippen LogP contribution >= 0.6 is 0 Å². The van der Waals surface area contributed by atoms with Gasteiger partial charge in [-0.05, 0) is 6.92 Å². The van der Waals surface area contributed by atoms with Crippen molar-refractivity contribution in [3.8, 4) is 0 Å². The minimum absolute atomic E-state index is 1.11. The molecule has 76 valence electrons. The molecule has 0 atom stereocenters. The largest absolute Gasteiger partial charge is 0.480 e.